The zero-order chi connectivity index (χ0) is 23.7. The van der Waals surface area contributed by atoms with Crippen molar-refractivity contribution in [3.05, 3.63) is 34.9 Å². The number of carbonyl (C=O) groups excluding carboxylic acids is 2. The van der Waals surface area contributed by atoms with Crippen molar-refractivity contribution in [1.82, 2.24) is 15.1 Å². The third-order valence-electron chi connectivity index (χ3n) is 5.40. The number of hydrogen-bond donors (Lipinski definition) is 2. The third-order valence-corrected chi connectivity index (χ3v) is 5.65. The smallest absolute Gasteiger partial charge is 0.475 e. The van der Waals surface area contributed by atoms with Crippen LogP contribution in [-0.4, -0.2) is 77.6 Å². The lowest BCUT2D eigenvalue weighted by atomic mass is 10.1. The number of nitrogens with zero attached hydrogens (tertiary/aromatic N) is 2. The first kappa shape index (κ1) is 25.9. The molecule has 3 rings (SSSR count). The number of carboxylic acid groups (broad SMARTS) is 1. The summed E-state index contributed by atoms with van der Waals surface area (Å²) in [6.45, 7) is 3.71. The maximum atomic E-state index is 13.0. The second-order valence-electron chi connectivity index (χ2n) is 7.63. The molecule has 32 heavy (non-hydrogen) atoms. The number of carbonyl (C=O) groups is 3. The Morgan fingerprint density at radius 1 is 1.09 bits per heavy atom. The summed E-state index contributed by atoms with van der Waals surface area (Å²) in [7, 11) is 0. The van der Waals surface area contributed by atoms with Gasteiger partial charge in [-0.25, -0.2) is 4.79 Å². The van der Waals surface area contributed by atoms with Gasteiger partial charge in [0, 0.05) is 55.8 Å². The molecule has 1 heterocycles. The normalized spacial score (nSPS) is 16.8. The number of carboxylic acids is 1. The Bertz CT molecular complexity index is 777. The van der Waals surface area contributed by atoms with Gasteiger partial charge in [-0.2, -0.15) is 13.2 Å². The van der Waals surface area contributed by atoms with Crippen molar-refractivity contribution in [3.8, 4) is 0 Å². The van der Waals surface area contributed by atoms with Crippen molar-refractivity contribution < 1.29 is 32.7 Å². The van der Waals surface area contributed by atoms with Crippen LogP contribution in [0.25, 0.3) is 0 Å². The van der Waals surface area contributed by atoms with E-state index in [4.69, 9.17) is 21.5 Å². The lowest BCUT2D eigenvalue weighted by Crippen LogP contribution is -2.48. The molecule has 178 valence electrons. The number of amides is 2. The number of nitrogens with one attached hydrogen (secondary N) is 1. The van der Waals surface area contributed by atoms with Gasteiger partial charge in [-0.15, -0.1) is 0 Å². The van der Waals surface area contributed by atoms with Crippen LogP contribution in [0.5, 0.6) is 0 Å². The molecule has 11 heteroatoms. The highest BCUT2D eigenvalue weighted by atomic mass is 35.5. The summed E-state index contributed by atoms with van der Waals surface area (Å²) in [5, 5.41) is 11.0. The van der Waals surface area contributed by atoms with Crippen LogP contribution in [0.15, 0.2) is 24.3 Å². The Labute approximate surface area is 189 Å². The number of rotatable bonds is 5. The number of alkyl halides is 3. The fourth-order valence-corrected chi connectivity index (χ4v) is 3.84. The minimum atomic E-state index is -5.08. The molecule has 0 radical (unpaired) electrons. The van der Waals surface area contributed by atoms with Gasteiger partial charge in [0.2, 0.25) is 5.91 Å². The van der Waals surface area contributed by atoms with Crippen molar-refractivity contribution in [2.45, 2.75) is 44.3 Å². The molecule has 1 aliphatic heterocycles. The molecule has 0 atom stereocenters. The fourth-order valence-electron chi connectivity index (χ4n) is 3.71. The second-order valence-corrected chi connectivity index (χ2v) is 8.06. The molecule has 0 spiro atoms. The van der Waals surface area contributed by atoms with E-state index in [1.807, 2.05) is 9.80 Å². The first-order chi connectivity index (χ1) is 15.1. The largest absolute Gasteiger partial charge is 0.490 e. The highest BCUT2D eigenvalue weighted by molar-refractivity contribution is 6.30. The van der Waals surface area contributed by atoms with Gasteiger partial charge in [0.1, 0.15) is 0 Å². The molecule has 0 bridgehead atoms. The molecule has 2 aliphatic rings. The van der Waals surface area contributed by atoms with Gasteiger partial charge in [-0.3, -0.25) is 9.59 Å². The van der Waals surface area contributed by atoms with Crippen molar-refractivity contribution in [2.75, 3.05) is 32.7 Å². The van der Waals surface area contributed by atoms with Crippen LogP contribution in [0.1, 0.15) is 42.5 Å². The maximum Gasteiger partial charge on any atom is 0.490 e. The SMILES string of the molecule is O=C(CCN(C(=O)c1ccc(Cl)cc1)C1CCCC1)N1CCNCC1.O=C(O)C(F)(F)F. The van der Waals surface area contributed by atoms with E-state index in [1.165, 1.54) is 0 Å². The van der Waals surface area contributed by atoms with Crippen molar-refractivity contribution in [1.29, 1.82) is 0 Å². The summed E-state index contributed by atoms with van der Waals surface area (Å²) in [4.78, 5) is 38.2. The van der Waals surface area contributed by atoms with Gasteiger partial charge >= 0.3 is 12.1 Å². The maximum absolute atomic E-state index is 13.0. The minimum absolute atomic E-state index is 0.0108. The van der Waals surface area contributed by atoms with E-state index in [2.05, 4.69) is 5.32 Å². The summed E-state index contributed by atoms with van der Waals surface area (Å²) >= 11 is 5.93. The lowest BCUT2D eigenvalue weighted by molar-refractivity contribution is -0.192. The molecule has 0 unspecified atom stereocenters. The first-order valence-corrected chi connectivity index (χ1v) is 10.8. The monoisotopic (exact) mass is 477 g/mol. The standard InChI is InChI=1S/C19H26ClN3O2.C2HF3O2/c20-16-7-5-15(6-8-16)19(25)23(17-3-1-2-4-17)12-9-18(24)22-13-10-21-11-14-22;3-2(4,5)1(6)7/h5-8,17,21H,1-4,9-14H2;(H,6,7). The number of benzene rings is 1. The predicted octanol–water partition coefficient (Wildman–Crippen LogP) is 3.18. The average molecular weight is 478 g/mol. The van der Waals surface area contributed by atoms with Crippen LogP contribution in [-0.2, 0) is 9.59 Å². The van der Waals surface area contributed by atoms with Crippen LogP contribution in [0.3, 0.4) is 0 Å². The van der Waals surface area contributed by atoms with Gasteiger partial charge in [0.05, 0.1) is 0 Å². The van der Waals surface area contributed by atoms with E-state index < -0.39 is 12.1 Å². The average Bonchev–Trinajstić information content (AvgIpc) is 3.29. The molecular formula is C21H27ClF3N3O4. The number of hydrogen-bond acceptors (Lipinski definition) is 4. The fraction of sp³-hybridized carbons (Fsp3) is 0.571. The molecule has 2 N–H and O–H groups in total. The molecule has 2 fully saturated rings. The molecule has 2 amide bonds. The molecule has 1 saturated carbocycles. The quantitative estimate of drug-likeness (QED) is 0.680. The molecule has 1 aromatic carbocycles. The van der Waals surface area contributed by atoms with E-state index in [-0.39, 0.29) is 17.9 Å². The second kappa shape index (κ2) is 12.1. The van der Waals surface area contributed by atoms with Crippen LogP contribution in [0.4, 0.5) is 13.2 Å². The highest BCUT2D eigenvalue weighted by Gasteiger charge is 2.38. The highest BCUT2D eigenvalue weighted by Crippen LogP contribution is 2.25. The van der Waals surface area contributed by atoms with E-state index in [0.29, 0.717) is 23.6 Å². The third kappa shape index (κ3) is 7.98. The molecule has 1 aliphatic carbocycles. The van der Waals surface area contributed by atoms with E-state index >= 15 is 0 Å². The van der Waals surface area contributed by atoms with Crippen molar-refractivity contribution in [3.63, 3.8) is 0 Å². The number of piperazine rings is 1. The Morgan fingerprint density at radius 2 is 1.62 bits per heavy atom. The Hall–Kier alpha value is -2.33. The summed E-state index contributed by atoms with van der Waals surface area (Å²) in [5.41, 5.74) is 0.644. The minimum Gasteiger partial charge on any atom is -0.475 e. The van der Waals surface area contributed by atoms with Crippen molar-refractivity contribution in [2.24, 2.45) is 0 Å². The van der Waals surface area contributed by atoms with Crippen LogP contribution in [0, 0.1) is 0 Å². The van der Waals surface area contributed by atoms with E-state index in [1.54, 1.807) is 24.3 Å². The van der Waals surface area contributed by atoms with E-state index in [9.17, 15) is 22.8 Å². The van der Waals surface area contributed by atoms with E-state index in [0.717, 1.165) is 51.9 Å². The van der Waals surface area contributed by atoms with Crippen LogP contribution < -0.4 is 5.32 Å². The zero-order valence-corrected chi connectivity index (χ0v) is 18.3. The van der Waals surface area contributed by atoms with Gasteiger partial charge in [0.15, 0.2) is 0 Å². The van der Waals surface area contributed by atoms with Crippen LogP contribution >= 0.6 is 11.6 Å². The molecule has 0 aromatic heterocycles. The Kier molecular flexibility index (Phi) is 9.77. The summed E-state index contributed by atoms with van der Waals surface area (Å²) in [6, 6.07) is 7.27. The summed E-state index contributed by atoms with van der Waals surface area (Å²) in [6.07, 6.45) is -0.320. The molecule has 7 nitrogen and oxygen atoms in total. The zero-order valence-electron chi connectivity index (χ0n) is 17.5. The van der Waals surface area contributed by atoms with Gasteiger partial charge in [0.25, 0.3) is 5.91 Å². The topological polar surface area (TPSA) is 90.0 Å². The Balaban J connectivity index is 0.000000451. The summed E-state index contributed by atoms with van der Waals surface area (Å²) < 4.78 is 31.7. The Morgan fingerprint density at radius 3 is 2.12 bits per heavy atom. The van der Waals surface area contributed by atoms with Crippen molar-refractivity contribution >= 4 is 29.4 Å². The summed E-state index contributed by atoms with van der Waals surface area (Å²) in [5.74, 6) is -2.60. The van der Waals surface area contributed by atoms with Gasteiger partial charge in [-0.1, -0.05) is 24.4 Å². The van der Waals surface area contributed by atoms with Gasteiger partial charge < -0.3 is 20.2 Å². The molecule has 1 aromatic rings. The van der Waals surface area contributed by atoms with Crippen LogP contribution in [0.2, 0.25) is 5.02 Å². The molecular weight excluding hydrogens is 451 g/mol. The predicted molar refractivity (Wildman–Crippen MR) is 113 cm³/mol. The number of halogens is 4. The van der Waals surface area contributed by atoms with Gasteiger partial charge in [-0.05, 0) is 37.1 Å². The number of aliphatic carboxylic acids is 1. The molecule has 1 saturated heterocycles. The lowest BCUT2D eigenvalue weighted by Gasteiger charge is -2.31. The first-order valence-electron chi connectivity index (χ1n) is 10.4.